The highest BCUT2D eigenvalue weighted by Gasteiger charge is 2.07. The Bertz CT molecular complexity index is 403. The highest BCUT2D eigenvalue weighted by Crippen LogP contribution is 2.12. The Hall–Kier alpha value is -1.57. The SMILES string of the molecule is CC(C)=CCC[C@@H](C)CCOC(=O)c1ccccc1. The third kappa shape index (κ3) is 6.80. The Morgan fingerprint density at radius 1 is 1.21 bits per heavy atom. The molecule has 0 spiro atoms. The lowest BCUT2D eigenvalue weighted by molar-refractivity contribution is 0.0484. The number of esters is 1. The molecule has 1 rings (SSSR count). The first-order valence-electron chi connectivity index (χ1n) is 6.95. The smallest absolute Gasteiger partial charge is 0.338 e. The zero-order chi connectivity index (χ0) is 14.1. The number of hydrogen-bond donors (Lipinski definition) is 0. The van der Waals surface area contributed by atoms with Gasteiger partial charge in [0.2, 0.25) is 0 Å². The van der Waals surface area contributed by atoms with Crippen LogP contribution in [0.3, 0.4) is 0 Å². The fourth-order valence-corrected chi connectivity index (χ4v) is 1.81. The monoisotopic (exact) mass is 260 g/mol. The van der Waals surface area contributed by atoms with Crippen molar-refractivity contribution in [3.05, 3.63) is 47.5 Å². The van der Waals surface area contributed by atoms with Gasteiger partial charge in [-0.05, 0) is 51.2 Å². The summed E-state index contributed by atoms with van der Waals surface area (Å²) in [7, 11) is 0. The Morgan fingerprint density at radius 3 is 2.53 bits per heavy atom. The minimum absolute atomic E-state index is 0.225. The van der Waals surface area contributed by atoms with Crippen LogP contribution in [0.2, 0.25) is 0 Å². The summed E-state index contributed by atoms with van der Waals surface area (Å²) in [5, 5.41) is 0. The standard InChI is InChI=1S/C17H24O2/c1-14(2)8-7-9-15(3)12-13-19-17(18)16-10-5-4-6-11-16/h4-6,8,10-11,15H,7,9,12-13H2,1-3H3/t15-/m1/s1. The van der Waals surface area contributed by atoms with Crippen LogP contribution < -0.4 is 0 Å². The van der Waals surface area contributed by atoms with E-state index in [0.29, 0.717) is 18.1 Å². The average molecular weight is 260 g/mol. The summed E-state index contributed by atoms with van der Waals surface area (Å²) in [6.45, 7) is 6.94. The van der Waals surface area contributed by atoms with Gasteiger partial charge < -0.3 is 4.74 Å². The van der Waals surface area contributed by atoms with Crippen LogP contribution in [-0.2, 0) is 4.74 Å². The maximum absolute atomic E-state index is 11.7. The van der Waals surface area contributed by atoms with Crippen LogP contribution in [-0.4, -0.2) is 12.6 Å². The van der Waals surface area contributed by atoms with E-state index in [1.165, 1.54) is 5.57 Å². The molecule has 0 radical (unpaired) electrons. The van der Waals surface area contributed by atoms with Crippen molar-refractivity contribution in [2.45, 2.75) is 40.0 Å². The van der Waals surface area contributed by atoms with Crippen molar-refractivity contribution in [2.75, 3.05) is 6.61 Å². The number of benzene rings is 1. The molecule has 19 heavy (non-hydrogen) atoms. The summed E-state index contributed by atoms with van der Waals surface area (Å²) in [5.41, 5.74) is 1.99. The lowest BCUT2D eigenvalue weighted by Crippen LogP contribution is -2.08. The second-order valence-corrected chi connectivity index (χ2v) is 5.25. The molecule has 1 aromatic rings. The third-order valence-corrected chi connectivity index (χ3v) is 3.07. The van der Waals surface area contributed by atoms with Crippen LogP contribution in [0.25, 0.3) is 0 Å². The fourth-order valence-electron chi connectivity index (χ4n) is 1.81. The zero-order valence-electron chi connectivity index (χ0n) is 12.2. The highest BCUT2D eigenvalue weighted by molar-refractivity contribution is 5.89. The van der Waals surface area contributed by atoms with Gasteiger partial charge in [-0.3, -0.25) is 0 Å². The molecule has 0 N–H and O–H groups in total. The minimum atomic E-state index is -0.225. The topological polar surface area (TPSA) is 26.3 Å². The molecule has 0 unspecified atom stereocenters. The molecule has 2 nitrogen and oxygen atoms in total. The lowest BCUT2D eigenvalue weighted by Gasteiger charge is -2.10. The molecule has 1 atom stereocenters. The Labute approximate surface area is 116 Å². The predicted molar refractivity (Wildman–Crippen MR) is 79.2 cm³/mol. The molecule has 0 heterocycles. The molecule has 0 aliphatic rings. The van der Waals surface area contributed by atoms with Gasteiger partial charge in [0.05, 0.1) is 12.2 Å². The second kappa shape index (κ2) is 8.52. The maximum atomic E-state index is 11.7. The van der Waals surface area contributed by atoms with Gasteiger partial charge in [0.1, 0.15) is 0 Å². The average Bonchev–Trinajstić information content (AvgIpc) is 2.39. The minimum Gasteiger partial charge on any atom is -0.462 e. The largest absolute Gasteiger partial charge is 0.462 e. The predicted octanol–water partition coefficient (Wildman–Crippen LogP) is 4.62. The van der Waals surface area contributed by atoms with Crippen molar-refractivity contribution in [1.29, 1.82) is 0 Å². The van der Waals surface area contributed by atoms with Gasteiger partial charge in [-0.2, -0.15) is 0 Å². The van der Waals surface area contributed by atoms with Crippen LogP contribution in [0, 0.1) is 5.92 Å². The van der Waals surface area contributed by atoms with Crippen molar-refractivity contribution in [1.82, 2.24) is 0 Å². The van der Waals surface area contributed by atoms with E-state index in [4.69, 9.17) is 4.74 Å². The molecular formula is C17H24O2. The number of ether oxygens (including phenoxy) is 1. The molecule has 0 amide bonds. The van der Waals surface area contributed by atoms with E-state index in [0.717, 1.165) is 19.3 Å². The Kier molecular flexibility index (Phi) is 6.94. The summed E-state index contributed by atoms with van der Waals surface area (Å²) in [6, 6.07) is 9.14. The summed E-state index contributed by atoms with van der Waals surface area (Å²) >= 11 is 0. The van der Waals surface area contributed by atoms with Gasteiger partial charge >= 0.3 is 5.97 Å². The first-order chi connectivity index (χ1) is 9.09. The quantitative estimate of drug-likeness (QED) is 0.528. The lowest BCUT2D eigenvalue weighted by atomic mass is 10.0. The molecule has 0 bridgehead atoms. The molecule has 0 aliphatic heterocycles. The van der Waals surface area contributed by atoms with Crippen molar-refractivity contribution in [3.63, 3.8) is 0 Å². The normalized spacial score (nSPS) is 11.7. The first kappa shape index (κ1) is 15.5. The number of hydrogen-bond acceptors (Lipinski definition) is 2. The van der Waals surface area contributed by atoms with E-state index >= 15 is 0 Å². The van der Waals surface area contributed by atoms with E-state index < -0.39 is 0 Å². The molecule has 0 aliphatic carbocycles. The number of allylic oxidation sites excluding steroid dienone is 2. The van der Waals surface area contributed by atoms with E-state index in [1.807, 2.05) is 18.2 Å². The molecule has 0 saturated carbocycles. The highest BCUT2D eigenvalue weighted by atomic mass is 16.5. The van der Waals surface area contributed by atoms with Gasteiger partial charge in [-0.1, -0.05) is 36.8 Å². The number of carbonyl (C=O) groups is 1. The number of carbonyl (C=O) groups excluding carboxylic acids is 1. The molecule has 0 fully saturated rings. The van der Waals surface area contributed by atoms with Crippen LogP contribution in [0.15, 0.2) is 42.0 Å². The van der Waals surface area contributed by atoms with Gasteiger partial charge in [0.25, 0.3) is 0 Å². The van der Waals surface area contributed by atoms with Crippen molar-refractivity contribution in [2.24, 2.45) is 5.92 Å². The van der Waals surface area contributed by atoms with Gasteiger partial charge in [0, 0.05) is 0 Å². The van der Waals surface area contributed by atoms with E-state index in [9.17, 15) is 4.79 Å². The first-order valence-corrected chi connectivity index (χ1v) is 6.95. The van der Waals surface area contributed by atoms with Gasteiger partial charge in [0.15, 0.2) is 0 Å². The zero-order valence-corrected chi connectivity index (χ0v) is 12.2. The van der Waals surface area contributed by atoms with Crippen molar-refractivity contribution in [3.8, 4) is 0 Å². The summed E-state index contributed by atoms with van der Waals surface area (Å²) in [4.78, 5) is 11.7. The Morgan fingerprint density at radius 2 is 1.89 bits per heavy atom. The number of rotatable bonds is 7. The molecule has 1 aromatic carbocycles. The summed E-state index contributed by atoms with van der Waals surface area (Å²) < 4.78 is 5.27. The summed E-state index contributed by atoms with van der Waals surface area (Å²) in [5.74, 6) is 0.358. The fraction of sp³-hybridized carbons (Fsp3) is 0.471. The van der Waals surface area contributed by atoms with Crippen LogP contribution >= 0.6 is 0 Å². The molecular weight excluding hydrogens is 236 g/mol. The third-order valence-electron chi connectivity index (χ3n) is 3.07. The second-order valence-electron chi connectivity index (χ2n) is 5.25. The molecule has 2 heteroatoms. The molecule has 104 valence electrons. The van der Waals surface area contributed by atoms with Crippen LogP contribution in [0.5, 0.6) is 0 Å². The van der Waals surface area contributed by atoms with Crippen LogP contribution in [0.1, 0.15) is 50.4 Å². The van der Waals surface area contributed by atoms with Gasteiger partial charge in [-0.15, -0.1) is 0 Å². The van der Waals surface area contributed by atoms with Gasteiger partial charge in [-0.25, -0.2) is 4.79 Å². The van der Waals surface area contributed by atoms with E-state index in [2.05, 4.69) is 26.8 Å². The van der Waals surface area contributed by atoms with Crippen LogP contribution in [0.4, 0.5) is 0 Å². The summed E-state index contributed by atoms with van der Waals surface area (Å²) in [6.07, 6.45) is 5.44. The maximum Gasteiger partial charge on any atom is 0.338 e. The molecule has 0 aromatic heterocycles. The van der Waals surface area contributed by atoms with Crippen molar-refractivity contribution >= 4 is 5.97 Å². The van der Waals surface area contributed by atoms with E-state index in [-0.39, 0.29) is 5.97 Å². The molecule has 0 saturated heterocycles. The van der Waals surface area contributed by atoms with E-state index in [1.54, 1.807) is 12.1 Å². The van der Waals surface area contributed by atoms with Crippen molar-refractivity contribution < 1.29 is 9.53 Å². The Balaban J connectivity index is 2.20.